The first-order chi connectivity index (χ1) is 9.40. The third-order valence-corrected chi connectivity index (χ3v) is 3.18. The van der Waals surface area contributed by atoms with Gasteiger partial charge in [-0.25, -0.2) is 9.59 Å². The average Bonchev–Trinajstić information content (AvgIpc) is 2.84. The van der Waals surface area contributed by atoms with E-state index < -0.39 is 5.97 Å². The number of amides is 2. The van der Waals surface area contributed by atoms with E-state index in [1.807, 2.05) is 13.8 Å². The summed E-state index contributed by atoms with van der Waals surface area (Å²) in [5, 5.41) is 11.5. The molecule has 1 aromatic rings. The van der Waals surface area contributed by atoms with Crippen LogP contribution in [0.5, 0.6) is 0 Å². The lowest BCUT2D eigenvalue weighted by Crippen LogP contribution is -2.58. The molecular formula is C13H18N2O5. The number of hydrogen-bond acceptors (Lipinski definition) is 4. The number of urea groups is 1. The molecule has 2 N–H and O–H groups in total. The Morgan fingerprint density at radius 1 is 1.45 bits per heavy atom. The number of carbonyl (C=O) groups excluding carboxylic acids is 1. The predicted octanol–water partition coefficient (Wildman–Crippen LogP) is 1.30. The molecule has 2 amide bonds. The minimum atomic E-state index is -1.13. The van der Waals surface area contributed by atoms with Crippen LogP contribution in [-0.2, 0) is 11.3 Å². The van der Waals surface area contributed by atoms with Crippen molar-refractivity contribution in [3.63, 3.8) is 0 Å². The summed E-state index contributed by atoms with van der Waals surface area (Å²) in [7, 11) is 0. The Hall–Kier alpha value is -2.02. The summed E-state index contributed by atoms with van der Waals surface area (Å²) in [6, 6.07) is 2.68. The number of furan rings is 1. The summed E-state index contributed by atoms with van der Waals surface area (Å²) in [4.78, 5) is 24.5. The van der Waals surface area contributed by atoms with E-state index in [1.165, 1.54) is 12.1 Å². The van der Waals surface area contributed by atoms with Crippen LogP contribution in [0.3, 0.4) is 0 Å². The number of rotatable bonds is 3. The molecule has 7 heteroatoms. The molecule has 0 unspecified atom stereocenters. The Morgan fingerprint density at radius 3 is 2.80 bits per heavy atom. The van der Waals surface area contributed by atoms with Gasteiger partial charge in [0.05, 0.1) is 25.3 Å². The van der Waals surface area contributed by atoms with Gasteiger partial charge in [0.1, 0.15) is 5.76 Å². The van der Waals surface area contributed by atoms with Crippen LogP contribution in [0.15, 0.2) is 16.5 Å². The van der Waals surface area contributed by atoms with Crippen molar-refractivity contribution < 1.29 is 23.8 Å². The van der Waals surface area contributed by atoms with Crippen molar-refractivity contribution in [3.05, 3.63) is 23.7 Å². The molecule has 0 saturated carbocycles. The Morgan fingerprint density at radius 2 is 2.20 bits per heavy atom. The molecule has 0 radical (unpaired) electrons. The summed E-state index contributed by atoms with van der Waals surface area (Å²) in [5.74, 6) is -0.861. The van der Waals surface area contributed by atoms with Crippen molar-refractivity contribution in [1.29, 1.82) is 0 Å². The third-order valence-electron chi connectivity index (χ3n) is 3.18. The molecule has 2 rings (SSSR count). The second kappa shape index (κ2) is 5.54. The van der Waals surface area contributed by atoms with E-state index in [1.54, 1.807) is 4.90 Å². The minimum absolute atomic E-state index is 0.138. The predicted molar refractivity (Wildman–Crippen MR) is 69.5 cm³/mol. The highest BCUT2D eigenvalue weighted by molar-refractivity contribution is 5.84. The average molecular weight is 282 g/mol. The first kappa shape index (κ1) is 14.4. The van der Waals surface area contributed by atoms with Crippen molar-refractivity contribution in [3.8, 4) is 0 Å². The Kier molecular flexibility index (Phi) is 3.99. The summed E-state index contributed by atoms with van der Waals surface area (Å²) >= 11 is 0. The van der Waals surface area contributed by atoms with Crippen LogP contribution in [0.2, 0.25) is 0 Å². The zero-order valence-corrected chi connectivity index (χ0v) is 11.5. The summed E-state index contributed by atoms with van der Waals surface area (Å²) in [6.45, 7) is 5.55. The normalized spacial score (nSPS) is 17.8. The van der Waals surface area contributed by atoms with Gasteiger partial charge in [-0.2, -0.15) is 0 Å². The maximum Gasteiger partial charge on any atom is 0.371 e. The van der Waals surface area contributed by atoms with Gasteiger partial charge in [0.15, 0.2) is 0 Å². The van der Waals surface area contributed by atoms with E-state index in [-0.39, 0.29) is 23.9 Å². The number of ether oxygens (including phenoxy) is 1. The molecule has 1 aromatic heterocycles. The van der Waals surface area contributed by atoms with Gasteiger partial charge >= 0.3 is 12.0 Å². The summed E-state index contributed by atoms with van der Waals surface area (Å²) in [6.07, 6.45) is 0. The van der Waals surface area contributed by atoms with E-state index in [2.05, 4.69) is 5.32 Å². The largest absolute Gasteiger partial charge is 0.475 e. The van der Waals surface area contributed by atoms with Gasteiger partial charge in [0, 0.05) is 6.54 Å². The molecule has 0 aromatic carbocycles. The molecule has 1 saturated heterocycles. The maximum absolute atomic E-state index is 12.1. The van der Waals surface area contributed by atoms with Crippen molar-refractivity contribution in [2.75, 3.05) is 19.8 Å². The fourth-order valence-electron chi connectivity index (χ4n) is 2.08. The van der Waals surface area contributed by atoms with Gasteiger partial charge in [0.25, 0.3) is 0 Å². The van der Waals surface area contributed by atoms with Gasteiger partial charge in [-0.1, -0.05) is 0 Å². The molecule has 0 spiro atoms. The molecule has 0 atom stereocenters. The number of hydrogen-bond donors (Lipinski definition) is 2. The Labute approximate surface area is 116 Å². The van der Waals surface area contributed by atoms with Crippen LogP contribution in [-0.4, -0.2) is 47.3 Å². The van der Waals surface area contributed by atoms with Crippen molar-refractivity contribution in [2.45, 2.75) is 25.9 Å². The molecule has 2 heterocycles. The number of carboxylic acids is 1. The molecule has 1 fully saturated rings. The molecule has 0 aliphatic carbocycles. The quantitative estimate of drug-likeness (QED) is 0.871. The van der Waals surface area contributed by atoms with Crippen molar-refractivity contribution in [2.24, 2.45) is 0 Å². The first-order valence-corrected chi connectivity index (χ1v) is 6.35. The second-order valence-electron chi connectivity index (χ2n) is 5.25. The lowest BCUT2D eigenvalue weighted by Gasteiger charge is -2.41. The minimum Gasteiger partial charge on any atom is -0.475 e. The number of carboxylic acid groups (broad SMARTS) is 1. The van der Waals surface area contributed by atoms with Crippen LogP contribution >= 0.6 is 0 Å². The SMILES string of the molecule is CC1(C)COCCN1C(=O)NCc1ccc(C(=O)O)o1. The van der Waals surface area contributed by atoms with Gasteiger partial charge in [-0.05, 0) is 26.0 Å². The second-order valence-corrected chi connectivity index (χ2v) is 5.25. The summed E-state index contributed by atoms with van der Waals surface area (Å²) in [5.41, 5.74) is -0.363. The number of carbonyl (C=O) groups is 2. The van der Waals surface area contributed by atoms with E-state index in [4.69, 9.17) is 14.3 Å². The number of morpholine rings is 1. The van der Waals surface area contributed by atoms with Gasteiger partial charge in [0.2, 0.25) is 5.76 Å². The first-order valence-electron chi connectivity index (χ1n) is 6.35. The molecule has 20 heavy (non-hydrogen) atoms. The lowest BCUT2D eigenvalue weighted by molar-refractivity contribution is -0.0279. The zero-order valence-electron chi connectivity index (χ0n) is 11.5. The van der Waals surface area contributed by atoms with Crippen molar-refractivity contribution >= 4 is 12.0 Å². The molecule has 7 nitrogen and oxygen atoms in total. The van der Waals surface area contributed by atoms with Crippen LogP contribution in [0.25, 0.3) is 0 Å². The smallest absolute Gasteiger partial charge is 0.371 e. The molecular weight excluding hydrogens is 264 g/mol. The molecule has 0 bridgehead atoms. The van der Waals surface area contributed by atoms with E-state index in [0.717, 1.165) is 0 Å². The van der Waals surface area contributed by atoms with Gasteiger partial charge in [-0.3, -0.25) is 0 Å². The van der Waals surface area contributed by atoms with Crippen LogP contribution in [0.1, 0.15) is 30.2 Å². The lowest BCUT2D eigenvalue weighted by atomic mass is 10.0. The molecule has 1 aliphatic heterocycles. The highest BCUT2D eigenvalue weighted by Crippen LogP contribution is 2.19. The monoisotopic (exact) mass is 282 g/mol. The van der Waals surface area contributed by atoms with Crippen LogP contribution in [0.4, 0.5) is 4.79 Å². The summed E-state index contributed by atoms with van der Waals surface area (Å²) < 4.78 is 10.4. The number of nitrogens with zero attached hydrogens (tertiary/aromatic N) is 1. The number of nitrogens with one attached hydrogen (secondary N) is 1. The molecule has 1 aliphatic rings. The zero-order chi connectivity index (χ0) is 14.8. The van der Waals surface area contributed by atoms with E-state index >= 15 is 0 Å². The topological polar surface area (TPSA) is 92.0 Å². The Balaban J connectivity index is 1.92. The third kappa shape index (κ3) is 3.11. The van der Waals surface area contributed by atoms with Crippen LogP contribution < -0.4 is 5.32 Å². The van der Waals surface area contributed by atoms with Crippen molar-refractivity contribution in [1.82, 2.24) is 10.2 Å². The van der Waals surface area contributed by atoms with Gasteiger partial charge in [-0.15, -0.1) is 0 Å². The van der Waals surface area contributed by atoms with E-state index in [0.29, 0.717) is 25.5 Å². The fourth-order valence-corrected chi connectivity index (χ4v) is 2.08. The van der Waals surface area contributed by atoms with E-state index in [9.17, 15) is 9.59 Å². The highest BCUT2D eigenvalue weighted by Gasteiger charge is 2.34. The standard InChI is InChI=1S/C13H18N2O5/c1-13(2)8-19-6-5-15(13)12(18)14-7-9-3-4-10(20-9)11(16)17/h3-4H,5-8H2,1-2H3,(H,14,18)(H,16,17). The fraction of sp³-hybridized carbons (Fsp3) is 0.538. The molecule has 110 valence electrons. The number of aromatic carboxylic acids is 1. The van der Waals surface area contributed by atoms with Crippen LogP contribution in [0, 0.1) is 0 Å². The highest BCUT2D eigenvalue weighted by atomic mass is 16.5. The van der Waals surface area contributed by atoms with Gasteiger partial charge < -0.3 is 24.5 Å². The Bertz CT molecular complexity index is 509. The maximum atomic E-state index is 12.1.